The van der Waals surface area contributed by atoms with Gasteiger partial charge in [-0.1, -0.05) is 32.0 Å². The molecule has 1 heterocycles. The molecule has 1 aromatic carbocycles. The van der Waals surface area contributed by atoms with Crippen molar-refractivity contribution in [2.24, 2.45) is 5.92 Å². The summed E-state index contributed by atoms with van der Waals surface area (Å²) in [6.45, 7) is 6.12. The molecule has 1 aliphatic rings. The Morgan fingerprint density at radius 3 is 2.52 bits per heavy atom. The highest BCUT2D eigenvalue weighted by Gasteiger charge is 2.39. The van der Waals surface area contributed by atoms with E-state index in [9.17, 15) is 14.4 Å². The Balaban J connectivity index is 2.17. The van der Waals surface area contributed by atoms with Crippen LogP contribution in [0.5, 0.6) is 0 Å². The van der Waals surface area contributed by atoms with E-state index in [1.165, 1.54) is 12.0 Å². The summed E-state index contributed by atoms with van der Waals surface area (Å²) < 4.78 is 4.80. The number of aryl methyl sites for hydroxylation is 1. The van der Waals surface area contributed by atoms with E-state index < -0.39 is 18.1 Å². The van der Waals surface area contributed by atoms with E-state index in [0.29, 0.717) is 18.5 Å². The molecule has 1 saturated heterocycles. The molecule has 0 spiro atoms. The van der Waals surface area contributed by atoms with Crippen molar-refractivity contribution in [1.29, 1.82) is 0 Å². The van der Waals surface area contributed by atoms with Crippen molar-refractivity contribution in [3.8, 4) is 0 Å². The highest BCUT2D eigenvalue weighted by Crippen LogP contribution is 2.21. The smallest absolute Gasteiger partial charge is 0.328 e. The molecule has 6 heteroatoms. The minimum atomic E-state index is -0.683. The van der Waals surface area contributed by atoms with Crippen LogP contribution in [0.4, 0.5) is 0 Å². The van der Waals surface area contributed by atoms with Crippen molar-refractivity contribution in [1.82, 2.24) is 10.2 Å². The van der Waals surface area contributed by atoms with Crippen LogP contribution in [-0.4, -0.2) is 48.4 Å². The maximum atomic E-state index is 13.0. The normalized spacial score (nSPS) is 18.1. The van der Waals surface area contributed by atoms with Gasteiger partial charge in [0.05, 0.1) is 7.11 Å². The summed E-state index contributed by atoms with van der Waals surface area (Å²) in [4.78, 5) is 39.0. The van der Waals surface area contributed by atoms with Gasteiger partial charge in [0.2, 0.25) is 5.91 Å². The lowest BCUT2D eigenvalue weighted by Gasteiger charge is -2.30. The van der Waals surface area contributed by atoms with Gasteiger partial charge in [0.1, 0.15) is 12.1 Å². The number of likely N-dealkylation sites (tertiary alicyclic amines) is 1. The fourth-order valence-corrected chi connectivity index (χ4v) is 3.15. The molecule has 2 atom stereocenters. The third kappa shape index (κ3) is 4.18. The highest BCUT2D eigenvalue weighted by atomic mass is 16.5. The Labute approximate surface area is 148 Å². The van der Waals surface area contributed by atoms with Gasteiger partial charge in [-0.3, -0.25) is 9.59 Å². The van der Waals surface area contributed by atoms with Gasteiger partial charge in [-0.05, 0) is 37.3 Å². The molecule has 1 N–H and O–H groups in total. The van der Waals surface area contributed by atoms with E-state index in [-0.39, 0.29) is 17.7 Å². The Morgan fingerprint density at radius 1 is 1.24 bits per heavy atom. The highest BCUT2D eigenvalue weighted by molar-refractivity contribution is 5.99. The van der Waals surface area contributed by atoms with Gasteiger partial charge in [-0.2, -0.15) is 0 Å². The molecule has 6 nitrogen and oxygen atoms in total. The minimum Gasteiger partial charge on any atom is -0.467 e. The predicted octanol–water partition coefficient (Wildman–Crippen LogP) is 1.91. The molecule has 0 unspecified atom stereocenters. The summed E-state index contributed by atoms with van der Waals surface area (Å²) in [6, 6.07) is 6.00. The van der Waals surface area contributed by atoms with Crippen LogP contribution in [0.2, 0.25) is 0 Å². The number of carbonyl (C=O) groups excluding carboxylic acids is 3. The van der Waals surface area contributed by atoms with Crippen LogP contribution in [0, 0.1) is 12.8 Å². The first-order chi connectivity index (χ1) is 11.9. The van der Waals surface area contributed by atoms with Gasteiger partial charge >= 0.3 is 5.97 Å². The first-order valence-electron chi connectivity index (χ1n) is 8.61. The summed E-state index contributed by atoms with van der Waals surface area (Å²) in [5.41, 5.74) is 1.40. The van der Waals surface area contributed by atoms with E-state index >= 15 is 0 Å². The van der Waals surface area contributed by atoms with E-state index in [1.54, 1.807) is 12.1 Å². The van der Waals surface area contributed by atoms with Crippen LogP contribution in [0.1, 0.15) is 42.6 Å². The maximum Gasteiger partial charge on any atom is 0.328 e. The summed E-state index contributed by atoms with van der Waals surface area (Å²) in [5.74, 6) is -1.01. The molecule has 1 fully saturated rings. The number of nitrogens with one attached hydrogen (secondary N) is 1. The van der Waals surface area contributed by atoms with Crippen molar-refractivity contribution in [3.05, 3.63) is 35.4 Å². The van der Waals surface area contributed by atoms with Crippen molar-refractivity contribution in [2.75, 3.05) is 13.7 Å². The average Bonchev–Trinajstić information content (AvgIpc) is 3.08. The van der Waals surface area contributed by atoms with Crippen LogP contribution in [0.15, 0.2) is 24.3 Å². The number of carbonyl (C=O) groups is 3. The van der Waals surface area contributed by atoms with Crippen LogP contribution in [0.3, 0.4) is 0 Å². The molecule has 2 rings (SSSR count). The Kier molecular flexibility index (Phi) is 6.17. The summed E-state index contributed by atoms with van der Waals surface area (Å²) in [5, 5.41) is 2.85. The third-order valence-corrected chi connectivity index (χ3v) is 4.62. The minimum absolute atomic E-state index is 0.0978. The number of ether oxygens (including phenoxy) is 1. The van der Waals surface area contributed by atoms with Crippen molar-refractivity contribution in [3.63, 3.8) is 0 Å². The third-order valence-electron chi connectivity index (χ3n) is 4.62. The first kappa shape index (κ1) is 19.0. The van der Waals surface area contributed by atoms with Crippen molar-refractivity contribution in [2.45, 2.75) is 45.7 Å². The number of hydrogen-bond acceptors (Lipinski definition) is 4. The van der Waals surface area contributed by atoms with E-state index in [4.69, 9.17) is 4.74 Å². The zero-order valence-electron chi connectivity index (χ0n) is 15.2. The maximum absolute atomic E-state index is 13.0. The monoisotopic (exact) mass is 346 g/mol. The lowest BCUT2D eigenvalue weighted by Crippen LogP contribution is -2.54. The number of methoxy groups -OCH3 is 1. The number of benzene rings is 1. The number of hydrogen-bond donors (Lipinski definition) is 1. The SMILES string of the molecule is COC(=O)[C@@H]1CCCN1C(=O)[C@@H](NC(=O)c1ccccc1C)C(C)C. The molecule has 2 amide bonds. The quantitative estimate of drug-likeness (QED) is 0.827. The average molecular weight is 346 g/mol. The lowest BCUT2D eigenvalue weighted by atomic mass is 10.0. The standard InChI is InChI=1S/C19H26N2O4/c1-12(2)16(20-17(22)14-9-6-5-8-13(14)3)18(23)21-11-7-10-15(21)19(24)25-4/h5-6,8-9,12,15-16H,7,10-11H2,1-4H3,(H,20,22)/t15-,16-/m0/s1. The summed E-state index contributed by atoms with van der Waals surface area (Å²) in [6.07, 6.45) is 1.34. The Morgan fingerprint density at radius 2 is 1.92 bits per heavy atom. The van der Waals surface area contributed by atoms with Gasteiger partial charge in [-0.25, -0.2) is 4.79 Å². The Hall–Kier alpha value is -2.37. The summed E-state index contributed by atoms with van der Waals surface area (Å²) >= 11 is 0. The summed E-state index contributed by atoms with van der Waals surface area (Å²) in [7, 11) is 1.32. The molecule has 25 heavy (non-hydrogen) atoms. The number of amides is 2. The topological polar surface area (TPSA) is 75.7 Å². The van der Waals surface area contributed by atoms with Crippen molar-refractivity contribution < 1.29 is 19.1 Å². The van der Waals surface area contributed by atoms with Gasteiger partial charge in [0, 0.05) is 12.1 Å². The van der Waals surface area contributed by atoms with E-state index in [2.05, 4.69) is 5.32 Å². The molecular weight excluding hydrogens is 320 g/mol. The second-order valence-corrected chi connectivity index (χ2v) is 6.72. The van der Waals surface area contributed by atoms with Gasteiger partial charge in [-0.15, -0.1) is 0 Å². The fourth-order valence-electron chi connectivity index (χ4n) is 3.15. The molecule has 136 valence electrons. The van der Waals surface area contributed by atoms with Crippen LogP contribution < -0.4 is 5.32 Å². The van der Waals surface area contributed by atoms with Crippen LogP contribution >= 0.6 is 0 Å². The first-order valence-corrected chi connectivity index (χ1v) is 8.61. The second kappa shape index (κ2) is 8.14. The number of nitrogens with zero attached hydrogens (tertiary/aromatic N) is 1. The van der Waals surface area contributed by atoms with Crippen molar-refractivity contribution >= 4 is 17.8 Å². The molecule has 0 saturated carbocycles. The molecular formula is C19H26N2O4. The van der Waals surface area contributed by atoms with Crippen LogP contribution in [0.25, 0.3) is 0 Å². The zero-order valence-corrected chi connectivity index (χ0v) is 15.2. The molecule has 1 aliphatic heterocycles. The fraction of sp³-hybridized carbons (Fsp3) is 0.526. The number of esters is 1. The van der Waals surface area contributed by atoms with E-state index in [1.807, 2.05) is 32.9 Å². The van der Waals surface area contributed by atoms with E-state index in [0.717, 1.165) is 12.0 Å². The van der Waals surface area contributed by atoms with Gasteiger partial charge in [0.15, 0.2) is 0 Å². The molecule has 1 aromatic rings. The van der Waals surface area contributed by atoms with Gasteiger partial charge < -0.3 is 15.0 Å². The zero-order chi connectivity index (χ0) is 18.6. The molecule has 0 aliphatic carbocycles. The Bertz CT molecular complexity index is 657. The number of rotatable bonds is 5. The predicted molar refractivity (Wildman–Crippen MR) is 94.0 cm³/mol. The molecule has 0 radical (unpaired) electrons. The molecule has 0 aromatic heterocycles. The lowest BCUT2D eigenvalue weighted by molar-refractivity contribution is -0.151. The second-order valence-electron chi connectivity index (χ2n) is 6.72. The largest absolute Gasteiger partial charge is 0.467 e. The van der Waals surface area contributed by atoms with Crippen LogP contribution in [-0.2, 0) is 14.3 Å². The van der Waals surface area contributed by atoms with Gasteiger partial charge in [0.25, 0.3) is 5.91 Å². The molecule has 0 bridgehead atoms.